The van der Waals surface area contributed by atoms with Crippen LogP contribution in [0.2, 0.25) is 0 Å². The van der Waals surface area contributed by atoms with Gasteiger partial charge in [0.05, 0.1) is 12.5 Å². The Hall–Kier alpha value is -1.89. The Morgan fingerprint density at radius 2 is 2.33 bits per heavy atom. The topological polar surface area (TPSA) is 52.9 Å². The van der Waals surface area contributed by atoms with Crippen molar-refractivity contribution < 1.29 is 9.18 Å². The largest absolute Gasteiger partial charge is 0.343 e. The third-order valence-electron chi connectivity index (χ3n) is 1.95. The molecule has 0 saturated heterocycles. The van der Waals surface area contributed by atoms with Gasteiger partial charge in [-0.3, -0.25) is 4.79 Å². The van der Waals surface area contributed by atoms with Crippen LogP contribution >= 0.6 is 0 Å². The number of hydrogen-bond acceptors (Lipinski definition) is 2. The van der Waals surface area contributed by atoms with Gasteiger partial charge in [0.25, 0.3) is 0 Å². The zero-order valence-corrected chi connectivity index (χ0v) is 8.38. The monoisotopic (exact) mass is 206 g/mol. The third-order valence-corrected chi connectivity index (χ3v) is 1.95. The average molecular weight is 206 g/mol. The van der Waals surface area contributed by atoms with Crippen molar-refractivity contribution in [3.63, 3.8) is 0 Å². The van der Waals surface area contributed by atoms with Gasteiger partial charge >= 0.3 is 0 Å². The number of carbonyl (C=O) groups excluding carboxylic acids is 1. The Morgan fingerprint density at radius 3 is 2.93 bits per heavy atom. The van der Waals surface area contributed by atoms with Gasteiger partial charge in [0.2, 0.25) is 5.91 Å². The van der Waals surface area contributed by atoms with E-state index in [1.807, 2.05) is 6.07 Å². The number of amides is 1. The lowest BCUT2D eigenvalue weighted by atomic mass is 10.1. The molecule has 0 saturated carbocycles. The SMILES string of the molecule is Cc1cc(CC(=O)NCC#N)ccc1F. The van der Waals surface area contributed by atoms with Gasteiger partial charge in [-0.2, -0.15) is 5.26 Å². The van der Waals surface area contributed by atoms with E-state index in [2.05, 4.69) is 5.32 Å². The normalized spacial score (nSPS) is 9.40. The minimum atomic E-state index is -0.281. The molecule has 0 unspecified atom stereocenters. The van der Waals surface area contributed by atoms with Gasteiger partial charge in [0.1, 0.15) is 12.4 Å². The van der Waals surface area contributed by atoms with Crippen LogP contribution in [0.3, 0.4) is 0 Å². The predicted octanol–water partition coefficient (Wildman–Crippen LogP) is 1.32. The summed E-state index contributed by atoms with van der Waals surface area (Å²) in [6.45, 7) is 1.64. The molecule has 1 amide bonds. The number of hydrogen-bond donors (Lipinski definition) is 1. The maximum Gasteiger partial charge on any atom is 0.225 e. The summed E-state index contributed by atoms with van der Waals surface area (Å²) in [5.41, 5.74) is 1.25. The Bertz CT molecular complexity index is 410. The second-order valence-corrected chi connectivity index (χ2v) is 3.20. The highest BCUT2D eigenvalue weighted by Crippen LogP contribution is 2.09. The molecular weight excluding hydrogens is 195 g/mol. The van der Waals surface area contributed by atoms with Gasteiger partial charge in [-0.25, -0.2) is 4.39 Å². The summed E-state index contributed by atoms with van der Waals surface area (Å²) in [6.07, 6.45) is 0.169. The molecule has 0 aromatic heterocycles. The Morgan fingerprint density at radius 1 is 1.60 bits per heavy atom. The second-order valence-electron chi connectivity index (χ2n) is 3.20. The summed E-state index contributed by atoms with van der Waals surface area (Å²) in [4.78, 5) is 11.2. The summed E-state index contributed by atoms with van der Waals surface area (Å²) in [6, 6.07) is 6.34. The highest BCUT2D eigenvalue weighted by molar-refractivity contribution is 5.78. The smallest absolute Gasteiger partial charge is 0.225 e. The molecule has 0 aliphatic rings. The highest BCUT2D eigenvalue weighted by Gasteiger charge is 2.04. The fourth-order valence-electron chi connectivity index (χ4n) is 1.20. The van der Waals surface area contributed by atoms with Crippen molar-refractivity contribution in [2.45, 2.75) is 13.3 Å². The van der Waals surface area contributed by atoms with Crippen LogP contribution in [0.4, 0.5) is 4.39 Å². The number of benzene rings is 1. The van der Waals surface area contributed by atoms with Crippen LogP contribution in [0.25, 0.3) is 0 Å². The number of nitrogens with one attached hydrogen (secondary N) is 1. The second kappa shape index (κ2) is 5.11. The quantitative estimate of drug-likeness (QED) is 0.758. The van der Waals surface area contributed by atoms with E-state index in [1.54, 1.807) is 19.1 Å². The molecule has 1 aromatic carbocycles. The molecule has 15 heavy (non-hydrogen) atoms. The zero-order valence-electron chi connectivity index (χ0n) is 8.38. The van der Waals surface area contributed by atoms with E-state index in [1.165, 1.54) is 6.07 Å². The average Bonchev–Trinajstić information content (AvgIpc) is 2.20. The molecule has 0 bridgehead atoms. The van der Waals surface area contributed by atoms with Crippen molar-refractivity contribution in [3.05, 3.63) is 35.1 Å². The lowest BCUT2D eigenvalue weighted by Crippen LogP contribution is -2.25. The van der Waals surface area contributed by atoms with Crippen LogP contribution in [0.1, 0.15) is 11.1 Å². The van der Waals surface area contributed by atoms with E-state index in [9.17, 15) is 9.18 Å². The summed E-state index contributed by atoms with van der Waals surface area (Å²) in [7, 11) is 0. The van der Waals surface area contributed by atoms with E-state index in [-0.39, 0.29) is 24.7 Å². The first-order valence-electron chi connectivity index (χ1n) is 4.52. The van der Waals surface area contributed by atoms with E-state index in [0.29, 0.717) is 5.56 Å². The van der Waals surface area contributed by atoms with Crippen molar-refractivity contribution in [1.29, 1.82) is 5.26 Å². The molecule has 0 spiro atoms. The highest BCUT2D eigenvalue weighted by atomic mass is 19.1. The first kappa shape index (κ1) is 11.2. The molecule has 0 heterocycles. The van der Waals surface area contributed by atoms with Crippen LogP contribution in [0, 0.1) is 24.1 Å². The minimum Gasteiger partial charge on any atom is -0.343 e. The molecule has 1 rings (SSSR count). The van der Waals surface area contributed by atoms with Gasteiger partial charge in [-0.1, -0.05) is 12.1 Å². The minimum absolute atomic E-state index is 0.000982. The molecule has 3 nitrogen and oxygen atoms in total. The Labute approximate surface area is 87.5 Å². The summed E-state index contributed by atoms with van der Waals surface area (Å²) in [5.74, 6) is -0.515. The zero-order chi connectivity index (χ0) is 11.3. The van der Waals surface area contributed by atoms with Crippen LogP contribution in [-0.2, 0) is 11.2 Å². The summed E-state index contributed by atoms with van der Waals surface area (Å²) >= 11 is 0. The molecule has 0 fully saturated rings. The predicted molar refractivity (Wildman–Crippen MR) is 53.5 cm³/mol. The molecule has 0 radical (unpaired) electrons. The van der Waals surface area contributed by atoms with Gasteiger partial charge in [-0.15, -0.1) is 0 Å². The van der Waals surface area contributed by atoms with Gasteiger partial charge < -0.3 is 5.32 Å². The number of halogens is 1. The van der Waals surface area contributed by atoms with Gasteiger partial charge in [0.15, 0.2) is 0 Å². The number of rotatable bonds is 3. The Kier molecular flexibility index (Phi) is 3.81. The van der Waals surface area contributed by atoms with Crippen LogP contribution in [0.15, 0.2) is 18.2 Å². The maximum atomic E-state index is 12.9. The van der Waals surface area contributed by atoms with Crippen molar-refractivity contribution in [3.8, 4) is 6.07 Å². The van der Waals surface area contributed by atoms with Crippen molar-refractivity contribution in [1.82, 2.24) is 5.32 Å². The molecular formula is C11H11FN2O. The van der Waals surface area contributed by atoms with Crippen molar-refractivity contribution in [2.24, 2.45) is 0 Å². The van der Waals surface area contributed by atoms with Crippen molar-refractivity contribution in [2.75, 3.05) is 6.54 Å². The van der Waals surface area contributed by atoms with Crippen LogP contribution < -0.4 is 5.32 Å². The Balaban J connectivity index is 2.62. The van der Waals surface area contributed by atoms with Crippen LogP contribution in [0.5, 0.6) is 0 Å². The third kappa shape index (κ3) is 3.39. The van der Waals surface area contributed by atoms with E-state index >= 15 is 0 Å². The van der Waals surface area contributed by atoms with Crippen LogP contribution in [-0.4, -0.2) is 12.5 Å². The van der Waals surface area contributed by atoms with E-state index < -0.39 is 0 Å². The fraction of sp³-hybridized carbons (Fsp3) is 0.273. The first-order valence-corrected chi connectivity index (χ1v) is 4.52. The lowest BCUT2D eigenvalue weighted by molar-refractivity contribution is -0.120. The molecule has 78 valence electrons. The number of aryl methyl sites for hydroxylation is 1. The number of carbonyl (C=O) groups is 1. The molecule has 0 atom stereocenters. The maximum absolute atomic E-state index is 12.9. The van der Waals surface area contributed by atoms with E-state index in [4.69, 9.17) is 5.26 Å². The molecule has 0 aliphatic carbocycles. The number of nitrogens with zero attached hydrogens (tertiary/aromatic N) is 1. The lowest BCUT2D eigenvalue weighted by Gasteiger charge is -2.03. The first-order chi connectivity index (χ1) is 7.13. The van der Waals surface area contributed by atoms with Gasteiger partial charge in [0, 0.05) is 0 Å². The standard InChI is InChI=1S/C11H11FN2O/c1-8-6-9(2-3-10(8)12)7-11(15)14-5-4-13/h2-3,6H,5,7H2,1H3,(H,14,15). The molecule has 1 N–H and O–H groups in total. The van der Waals surface area contributed by atoms with E-state index in [0.717, 1.165) is 5.56 Å². The molecule has 4 heteroatoms. The molecule has 1 aromatic rings. The fourth-order valence-corrected chi connectivity index (χ4v) is 1.20. The summed E-state index contributed by atoms with van der Waals surface area (Å²) in [5, 5.41) is 10.7. The summed E-state index contributed by atoms with van der Waals surface area (Å²) < 4.78 is 12.9. The number of nitriles is 1. The van der Waals surface area contributed by atoms with Crippen molar-refractivity contribution >= 4 is 5.91 Å². The van der Waals surface area contributed by atoms with Gasteiger partial charge in [-0.05, 0) is 24.1 Å². The molecule has 0 aliphatic heterocycles.